The molecule has 0 aliphatic rings. The Morgan fingerprint density at radius 2 is 1.70 bits per heavy atom. The number of ether oxygens (including phenoxy) is 1. The summed E-state index contributed by atoms with van der Waals surface area (Å²) >= 11 is 0. The van der Waals surface area contributed by atoms with E-state index in [-0.39, 0.29) is 18.4 Å². The molecule has 150 valence electrons. The minimum atomic E-state index is -0.247. The SMILES string of the molecule is COCC(=O)Nc1cccc(CNC(=O)c2ccccc2-c2ccccc2C#N)c1. The Bertz CT molecular complexity index is 1100. The van der Waals surface area contributed by atoms with E-state index < -0.39 is 0 Å². The van der Waals surface area contributed by atoms with E-state index in [1.807, 2.05) is 30.3 Å². The molecule has 2 amide bonds. The zero-order valence-corrected chi connectivity index (χ0v) is 16.5. The van der Waals surface area contributed by atoms with Crippen LogP contribution in [0.1, 0.15) is 21.5 Å². The predicted octanol–water partition coefficient (Wildman–Crippen LogP) is 3.74. The number of rotatable bonds is 7. The van der Waals surface area contributed by atoms with Gasteiger partial charge >= 0.3 is 0 Å². The van der Waals surface area contributed by atoms with Crippen molar-refractivity contribution in [1.29, 1.82) is 5.26 Å². The van der Waals surface area contributed by atoms with Crippen molar-refractivity contribution in [3.8, 4) is 17.2 Å². The minimum absolute atomic E-state index is 0.0259. The number of benzene rings is 3. The molecule has 2 N–H and O–H groups in total. The molecule has 0 saturated carbocycles. The van der Waals surface area contributed by atoms with Crippen LogP contribution in [0.4, 0.5) is 5.69 Å². The molecule has 0 spiro atoms. The Hall–Kier alpha value is -3.95. The van der Waals surface area contributed by atoms with Crippen LogP contribution in [0.15, 0.2) is 72.8 Å². The Labute approximate surface area is 175 Å². The van der Waals surface area contributed by atoms with Crippen molar-refractivity contribution in [2.75, 3.05) is 19.0 Å². The van der Waals surface area contributed by atoms with Crippen molar-refractivity contribution in [2.24, 2.45) is 0 Å². The monoisotopic (exact) mass is 399 g/mol. The Kier molecular flexibility index (Phi) is 6.93. The van der Waals surface area contributed by atoms with Crippen molar-refractivity contribution >= 4 is 17.5 Å². The Morgan fingerprint density at radius 1 is 0.967 bits per heavy atom. The van der Waals surface area contributed by atoms with Gasteiger partial charge in [-0.25, -0.2) is 0 Å². The summed E-state index contributed by atoms with van der Waals surface area (Å²) in [5.74, 6) is -0.490. The molecule has 0 aromatic heterocycles. The van der Waals surface area contributed by atoms with E-state index in [9.17, 15) is 14.9 Å². The molecule has 0 bridgehead atoms. The molecule has 0 heterocycles. The lowest BCUT2D eigenvalue weighted by atomic mass is 9.95. The number of hydrogen-bond acceptors (Lipinski definition) is 4. The summed E-state index contributed by atoms with van der Waals surface area (Å²) in [7, 11) is 1.46. The third-order valence-corrected chi connectivity index (χ3v) is 4.45. The predicted molar refractivity (Wildman–Crippen MR) is 115 cm³/mol. The smallest absolute Gasteiger partial charge is 0.252 e. The normalized spacial score (nSPS) is 10.1. The van der Waals surface area contributed by atoms with E-state index in [4.69, 9.17) is 4.74 Å². The number of carbonyl (C=O) groups is 2. The van der Waals surface area contributed by atoms with E-state index >= 15 is 0 Å². The lowest BCUT2D eigenvalue weighted by molar-refractivity contribution is -0.119. The van der Waals surface area contributed by atoms with E-state index in [0.717, 1.165) is 5.56 Å². The van der Waals surface area contributed by atoms with Crippen molar-refractivity contribution in [1.82, 2.24) is 5.32 Å². The number of methoxy groups -OCH3 is 1. The highest BCUT2D eigenvalue weighted by atomic mass is 16.5. The van der Waals surface area contributed by atoms with Gasteiger partial charge in [-0.05, 0) is 35.4 Å². The first kappa shape index (κ1) is 20.8. The molecule has 0 atom stereocenters. The van der Waals surface area contributed by atoms with Gasteiger partial charge in [-0.15, -0.1) is 0 Å². The molecular weight excluding hydrogens is 378 g/mol. The molecule has 0 radical (unpaired) electrons. The van der Waals surface area contributed by atoms with Crippen LogP contribution in [0.3, 0.4) is 0 Å². The van der Waals surface area contributed by atoms with Gasteiger partial charge in [0.05, 0.1) is 11.6 Å². The van der Waals surface area contributed by atoms with Crippen molar-refractivity contribution < 1.29 is 14.3 Å². The standard InChI is InChI=1S/C24H21N3O3/c1-30-16-23(28)27-19-9-6-7-17(13-19)15-26-24(29)22-12-5-4-11-21(22)20-10-3-2-8-18(20)14-25/h2-13H,15-16H2,1H3,(H,26,29)(H,27,28). The Morgan fingerprint density at radius 3 is 2.47 bits per heavy atom. The summed E-state index contributed by atoms with van der Waals surface area (Å²) < 4.78 is 4.81. The highest BCUT2D eigenvalue weighted by Gasteiger charge is 2.14. The maximum Gasteiger partial charge on any atom is 0.252 e. The van der Waals surface area contributed by atoms with E-state index in [1.54, 1.807) is 42.5 Å². The molecule has 6 nitrogen and oxygen atoms in total. The summed E-state index contributed by atoms with van der Waals surface area (Å²) in [4.78, 5) is 24.5. The largest absolute Gasteiger partial charge is 0.375 e. The molecule has 0 fully saturated rings. The molecule has 0 aliphatic carbocycles. The second-order valence-electron chi connectivity index (χ2n) is 6.57. The zero-order valence-electron chi connectivity index (χ0n) is 16.5. The molecule has 0 aliphatic heterocycles. The van der Waals surface area contributed by atoms with E-state index in [0.29, 0.717) is 34.5 Å². The number of hydrogen-bond donors (Lipinski definition) is 2. The van der Waals surface area contributed by atoms with Gasteiger partial charge in [0.1, 0.15) is 6.61 Å². The van der Waals surface area contributed by atoms with Crippen LogP contribution in [0.25, 0.3) is 11.1 Å². The van der Waals surface area contributed by atoms with Gasteiger partial charge in [-0.3, -0.25) is 9.59 Å². The van der Waals surface area contributed by atoms with Gasteiger partial charge in [0.25, 0.3) is 5.91 Å². The summed E-state index contributed by atoms with van der Waals surface area (Å²) in [6, 6.07) is 23.8. The summed E-state index contributed by atoms with van der Waals surface area (Å²) in [6.45, 7) is 0.267. The second kappa shape index (κ2) is 10.0. The number of nitrogens with zero attached hydrogens (tertiary/aromatic N) is 1. The fourth-order valence-corrected chi connectivity index (χ4v) is 3.10. The van der Waals surface area contributed by atoms with Crippen LogP contribution in [-0.2, 0) is 16.1 Å². The third kappa shape index (κ3) is 5.10. The molecule has 3 aromatic carbocycles. The maximum atomic E-state index is 12.9. The molecule has 30 heavy (non-hydrogen) atoms. The number of nitrogens with one attached hydrogen (secondary N) is 2. The first-order valence-electron chi connectivity index (χ1n) is 9.37. The van der Waals surface area contributed by atoms with Gasteiger partial charge in [-0.1, -0.05) is 48.5 Å². The fraction of sp³-hybridized carbons (Fsp3) is 0.125. The number of carbonyl (C=O) groups excluding carboxylic acids is 2. The Balaban J connectivity index is 1.75. The molecule has 6 heteroatoms. The summed E-state index contributed by atoms with van der Waals surface area (Å²) in [6.07, 6.45) is 0. The van der Waals surface area contributed by atoms with Crippen molar-refractivity contribution in [2.45, 2.75) is 6.54 Å². The lowest BCUT2D eigenvalue weighted by Gasteiger charge is -2.12. The molecule has 0 unspecified atom stereocenters. The van der Waals surface area contributed by atoms with Gasteiger partial charge in [0.2, 0.25) is 5.91 Å². The second-order valence-corrected chi connectivity index (χ2v) is 6.57. The van der Waals surface area contributed by atoms with Crippen LogP contribution in [0.5, 0.6) is 0 Å². The van der Waals surface area contributed by atoms with E-state index in [2.05, 4.69) is 16.7 Å². The molecule has 3 rings (SSSR count). The van der Waals surface area contributed by atoms with Gasteiger partial charge in [-0.2, -0.15) is 5.26 Å². The summed E-state index contributed by atoms with van der Waals surface area (Å²) in [5, 5.41) is 15.0. The van der Waals surface area contributed by atoms with Crippen molar-refractivity contribution in [3.63, 3.8) is 0 Å². The highest BCUT2D eigenvalue weighted by molar-refractivity contribution is 6.01. The number of amides is 2. The average Bonchev–Trinajstić information content (AvgIpc) is 2.78. The fourth-order valence-electron chi connectivity index (χ4n) is 3.10. The first-order valence-corrected chi connectivity index (χ1v) is 9.37. The van der Waals surface area contributed by atoms with Crippen LogP contribution in [-0.4, -0.2) is 25.5 Å². The van der Waals surface area contributed by atoms with Crippen LogP contribution in [0, 0.1) is 11.3 Å². The quantitative estimate of drug-likeness (QED) is 0.633. The maximum absolute atomic E-state index is 12.9. The third-order valence-electron chi connectivity index (χ3n) is 4.45. The number of nitriles is 1. The first-order chi connectivity index (χ1) is 14.6. The molecule has 3 aromatic rings. The van der Waals surface area contributed by atoms with Crippen LogP contribution >= 0.6 is 0 Å². The average molecular weight is 399 g/mol. The zero-order chi connectivity index (χ0) is 21.3. The van der Waals surface area contributed by atoms with Crippen LogP contribution < -0.4 is 10.6 Å². The van der Waals surface area contributed by atoms with Gasteiger partial charge < -0.3 is 15.4 Å². The number of anilines is 1. The highest BCUT2D eigenvalue weighted by Crippen LogP contribution is 2.27. The molecule has 0 saturated heterocycles. The minimum Gasteiger partial charge on any atom is -0.375 e. The van der Waals surface area contributed by atoms with Crippen LogP contribution in [0.2, 0.25) is 0 Å². The van der Waals surface area contributed by atoms with Gasteiger partial charge in [0, 0.05) is 30.5 Å². The summed E-state index contributed by atoms with van der Waals surface area (Å²) in [5.41, 5.74) is 3.89. The lowest BCUT2D eigenvalue weighted by Crippen LogP contribution is -2.23. The van der Waals surface area contributed by atoms with Crippen molar-refractivity contribution in [3.05, 3.63) is 89.5 Å². The van der Waals surface area contributed by atoms with E-state index in [1.165, 1.54) is 7.11 Å². The molecular formula is C24H21N3O3. The van der Waals surface area contributed by atoms with Gasteiger partial charge in [0.15, 0.2) is 0 Å². The topological polar surface area (TPSA) is 91.2 Å².